The number of benzene rings is 1. The minimum absolute atomic E-state index is 0.125. The van der Waals surface area contributed by atoms with Crippen molar-refractivity contribution in [1.82, 2.24) is 0 Å². The molecule has 0 saturated heterocycles. The summed E-state index contributed by atoms with van der Waals surface area (Å²) in [5.74, 6) is -0.297. The molecule has 0 bridgehead atoms. The van der Waals surface area contributed by atoms with Crippen molar-refractivity contribution in [1.29, 1.82) is 0 Å². The number of halogens is 2. The van der Waals surface area contributed by atoms with Gasteiger partial charge in [0, 0.05) is 4.47 Å². The Kier molecular flexibility index (Phi) is 3.26. The van der Waals surface area contributed by atoms with E-state index in [9.17, 15) is 4.39 Å². The fourth-order valence-corrected chi connectivity index (χ4v) is 1.52. The standard InChI is InChI=1S/C9H7BrFNO/c1-12-5-6-3-7(10)4-8(11)9(6)13-2/h3-4H,5H2,2H3. The summed E-state index contributed by atoms with van der Waals surface area (Å²) >= 11 is 3.15. The highest BCUT2D eigenvalue weighted by Crippen LogP contribution is 2.27. The van der Waals surface area contributed by atoms with E-state index >= 15 is 0 Å². The van der Waals surface area contributed by atoms with Crippen LogP contribution in [-0.2, 0) is 6.54 Å². The van der Waals surface area contributed by atoms with Crippen LogP contribution in [0.15, 0.2) is 16.6 Å². The average Bonchev–Trinajstić information content (AvgIpc) is 2.04. The van der Waals surface area contributed by atoms with Crippen LogP contribution in [0.4, 0.5) is 4.39 Å². The van der Waals surface area contributed by atoms with Gasteiger partial charge in [-0.05, 0) is 12.1 Å². The van der Waals surface area contributed by atoms with Gasteiger partial charge in [0.05, 0.1) is 12.7 Å². The summed E-state index contributed by atoms with van der Waals surface area (Å²) in [5, 5.41) is 0. The van der Waals surface area contributed by atoms with Gasteiger partial charge in [-0.15, -0.1) is 0 Å². The highest BCUT2D eigenvalue weighted by molar-refractivity contribution is 9.10. The first-order valence-corrected chi connectivity index (χ1v) is 4.33. The zero-order valence-corrected chi connectivity index (χ0v) is 8.56. The van der Waals surface area contributed by atoms with E-state index in [0.717, 1.165) is 0 Å². The van der Waals surface area contributed by atoms with Crippen molar-refractivity contribution in [3.63, 3.8) is 0 Å². The average molecular weight is 244 g/mol. The maximum absolute atomic E-state index is 13.2. The van der Waals surface area contributed by atoms with Gasteiger partial charge < -0.3 is 9.58 Å². The molecule has 0 amide bonds. The van der Waals surface area contributed by atoms with Crippen LogP contribution in [0.3, 0.4) is 0 Å². The van der Waals surface area contributed by atoms with Crippen molar-refractivity contribution in [3.8, 4) is 5.75 Å². The molecule has 0 fully saturated rings. The Hall–Kier alpha value is -1.08. The number of methoxy groups -OCH3 is 1. The first-order chi connectivity index (χ1) is 6.19. The van der Waals surface area contributed by atoms with E-state index in [-0.39, 0.29) is 12.3 Å². The zero-order chi connectivity index (χ0) is 9.84. The maximum atomic E-state index is 13.2. The minimum Gasteiger partial charge on any atom is -0.493 e. The summed E-state index contributed by atoms with van der Waals surface area (Å²) in [7, 11) is 1.39. The molecule has 0 saturated carbocycles. The SMILES string of the molecule is [C-]#[N+]Cc1cc(Br)cc(F)c1OC. The molecule has 0 atom stereocenters. The topological polar surface area (TPSA) is 13.6 Å². The van der Waals surface area contributed by atoms with E-state index in [2.05, 4.69) is 20.8 Å². The van der Waals surface area contributed by atoms with Gasteiger partial charge in [-0.3, -0.25) is 0 Å². The summed E-state index contributed by atoms with van der Waals surface area (Å²) in [6.07, 6.45) is 0. The number of hydrogen-bond donors (Lipinski definition) is 0. The molecule has 0 unspecified atom stereocenters. The third-order valence-electron chi connectivity index (χ3n) is 1.54. The van der Waals surface area contributed by atoms with Gasteiger partial charge in [0.15, 0.2) is 11.6 Å². The van der Waals surface area contributed by atoms with Gasteiger partial charge >= 0.3 is 0 Å². The monoisotopic (exact) mass is 243 g/mol. The minimum atomic E-state index is -0.449. The van der Waals surface area contributed by atoms with E-state index in [1.54, 1.807) is 6.07 Å². The van der Waals surface area contributed by atoms with Crippen molar-refractivity contribution in [2.75, 3.05) is 7.11 Å². The van der Waals surface area contributed by atoms with Gasteiger partial charge in [0.2, 0.25) is 6.54 Å². The Morgan fingerprint density at radius 3 is 2.85 bits per heavy atom. The summed E-state index contributed by atoms with van der Waals surface area (Å²) < 4.78 is 18.6. The van der Waals surface area contributed by atoms with E-state index in [0.29, 0.717) is 10.0 Å². The maximum Gasteiger partial charge on any atom is 0.243 e. The third-order valence-corrected chi connectivity index (χ3v) is 2.00. The molecule has 0 spiro atoms. The van der Waals surface area contributed by atoms with Gasteiger partial charge in [0.25, 0.3) is 0 Å². The van der Waals surface area contributed by atoms with Crippen LogP contribution in [0.25, 0.3) is 4.85 Å². The van der Waals surface area contributed by atoms with Crippen molar-refractivity contribution in [3.05, 3.63) is 39.4 Å². The Morgan fingerprint density at radius 2 is 2.31 bits per heavy atom. The highest BCUT2D eigenvalue weighted by Gasteiger charge is 2.12. The van der Waals surface area contributed by atoms with Crippen LogP contribution >= 0.6 is 15.9 Å². The molecule has 1 aromatic carbocycles. The molecule has 13 heavy (non-hydrogen) atoms. The lowest BCUT2D eigenvalue weighted by atomic mass is 10.2. The van der Waals surface area contributed by atoms with Gasteiger partial charge in [0.1, 0.15) is 0 Å². The highest BCUT2D eigenvalue weighted by atomic mass is 79.9. The second-order valence-electron chi connectivity index (χ2n) is 2.40. The molecule has 0 aliphatic heterocycles. The lowest BCUT2D eigenvalue weighted by Gasteiger charge is -2.05. The third kappa shape index (κ3) is 2.19. The quantitative estimate of drug-likeness (QED) is 0.729. The molecule has 2 nitrogen and oxygen atoms in total. The van der Waals surface area contributed by atoms with Crippen LogP contribution in [0.5, 0.6) is 5.75 Å². The molecular weight excluding hydrogens is 237 g/mol. The van der Waals surface area contributed by atoms with E-state index in [1.807, 2.05) is 0 Å². The predicted molar refractivity (Wildman–Crippen MR) is 51.0 cm³/mol. The van der Waals surface area contributed by atoms with Crippen molar-refractivity contribution in [2.24, 2.45) is 0 Å². The lowest BCUT2D eigenvalue weighted by Crippen LogP contribution is -1.94. The second kappa shape index (κ2) is 4.24. The molecular formula is C9H7BrFNO. The molecule has 1 rings (SSSR count). The molecule has 0 N–H and O–H groups in total. The summed E-state index contributed by atoms with van der Waals surface area (Å²) in [6.45, 7) is 6.81. The molecule has 0 aliphatic rings. The number of nitrogens with zero attached hydrogens (tertiary/aromatic N) is 1. The largest absolute Gasteiger partial charge is 0.493 e. The van der Waals surface area contributed by atoms with Crippen molar-refractivity contribution in [2.45, 2.75) is 6.54 Å². The normalized spacial score (nSPS) is 9.38. The number of ether oxygens (including phenoxy) is 1. The van der Waals surface area contributed by atoms with E-state index in [1.165, 1.54) is 13.2 Å². The van der Waals surface area contributed by atoms with Crippen LogP contribution in [-0.4, -0.2) is 7.11 Å². The van der Waals surface area contributed by atoms with Crippen LogP contribution in [0.2, 0.25) is 0 Å². The molecule has 1 aromatic rings. The van der Waals surface area contributed by atoms with Crippen LogP contribution in [0, 0.1) is 12.4 Å². The van der Waals surface area contributed by atoms with Crippen LogP contribution in [0.1, 0.15) is 5.56 Å². The van der Waals surface area contributed by atoms with Gasteiger partial charge in [-0.1, -0.05) is 15.9 Å². The molecule has 68 valence electrons. The van der Waals surface area contributed by atoms with E-state index < -0.39 is 5.82 Å². The Bertz CT molecular complexity index is 359. The molecule has 4 heteroatoms. The van der Waals surface area contributed by atoms with Crippen LogP contribution < -0.4 is 4.74 Å². The summed E-state index contributed by atoms with van der Waals surface area (Å²) in [5.41, 5.74) is 0.560. The number of rotatable bonds is 2. The van der Waals surface area contributed by atoms with Gasteiger partial charge in [-0.2, -0.15) is 0 Å². The fraction of sp³-hybridized carbons (Fsp3) is 0.222. The molecule has 0 aromatic heterocycles. The smallest absolute Gasteiger partial charge is 0.243 e. The summed E-state index contributed by atoms with van der Waals surface area (Å²) in [6, 6.07) is 2.99. The Balaban J connectivity index is 3.23. The van der Waals surface area contributed by atoms with Crippen molar-refractivity contribution < 1.29 is 9.13 Å². The predicted octanol–water partition coefficient (Wildman–Crippen LogP) is 3.02. The van der Waals surface area contributed by atoms with Crippen molar-refractivity contribution >= 4 is 15.9 Å². The zero-order valence-electron chi connectivity index (χ0n) is 6.97. The molecule has 0 aliphatic carbocycles. The second-order valence-corrected chi connectivity index (χ2v) is 3.31. The Morgan fingerprint density at radius 1 is 1.62 bits per heavy atom. The number of hydrogen-bond acceptors (Lipinski definition) is 1. The summed E-state index contributed by atoms with van der Waals surface area (Å²) in [4.78, 5) is 3.18. The molecule has 0 radical (unpaired) electrons. The first kappa shape index (κ1) is 10.0. The van der Waals surface area contributed by atoms with E-state index in [4.69, 9.17) is 11.3 Å². The van der Waals surface area contributed by atoms with Gasteiger partial charge in [-0.25, -0.2) is 11.0 Å². The first-order valence-electron chi connectivity index (χ1n) is 3.54. The molecule has 0 heterocycles. The fourth-order valence-electron chi connectivity index (χ4n) is 1.04. The Labute approximate surface area is 84.3 Å². The lowest BCUT2D eigenvalue weighted by molar-refractivity contribution is 0.382.